The minimum Gasteiger partial charge on any atom is -0.495 e. The SMILES string of the molecule is CCn1c(CNC(=O)Nc2cncc(OC)c2)nc2ccccc21. The number of nitrogens with zero attached hydrogens (tertiary/aromatic N) is 3. The summed E-state index contributed by atoms with van der Waals surface area (Å²) in [5.74, 6) is 1.40. The molecule has 0 saturated carbocycles. The van der Waals surface area contributed by atoms with Crippen molar-refractivity contribution in [3.63, 3.8) is 0 Å². The van der Waals surface area contributed by atoms with Gasteiger partial charge in [-0.25, -0.2) is 9.78 Å². The lowest BCUT2D eigenvalue weighted by atomic mass is 10.3. The zero-order valence-electron chi connectivity index (χ0n) is 13.6. The zero-order valence-corrected chi connectivity index (χ0v) is 13.6. The van der Waals surface area contributed by atoms with Crippen molar-refractivity contribution in [1.29, 1.82) is 0 Å². The number of aromatic nitrogens is 3. The van der Waals surface area contributed by atoms with Crippen molar-refractivity contribution in [1.82, 2.24) is 19.9 Å². The van der Waals surface area contributed by atoms with Crippen LogP contribution < -0.4 is 15.4 Å². The van der Waals surface area contributed by atoms with E-state index < -0.39 is 0 Å². The molecular formula is C17H19N5O2. The van der Waals surface area contributed by atoms with E-state index in [9.17, 15) is 4.79 Å². The third-order valence-electron chi connectivity index (χ3n) is 3.66. The van der Waals surface area contributed by atoms with Gasteiger partial charge < -0.3 is 19.9 Å². The van der Waals surface area contributed by atoms with Gasteiger partial charge in [0, 0.05) is 12.6 Å². The molecule has 0 saturated heterocycles. The van der Waals surface area contributed by atoms with Crippen molar-refractivity contribution in [3.05, 3.63) is 48.5 Å². The molecule has 3 aromatic rings. The molecule has 124 valence electrons. The number of hydrogen-bond acceptors (Lipinski definition) is 4. The summed E-state index contributed by atoms with van der Waals surface area (Å²) in [5, 5.41) is 5.55. The van der Waals surface area contributed by atoms with E-state index in [1.165, 1.54) is 0 Å². The number of para-hydroxylation sites is 2. The number of rotatable bonds is 5. The molecule has 0 spiro atoms. The van der Waals surface area contributed by atoms with Gasteiger partial charge in [0.2, 0.25) is 0 Å². The molecule has 2 heterocycles. The van der Waals surface area contributed by atoms with E-state index in [0.29, 0.717) is 18.0 Å². The average Bonchev–Trinajstić information content (AvgIpc) is 2.97. The number of benzene rings is 1. The van der Waals surface area contributed by atoms with Gasteiger partial charge in [-0.05, 0) is 19.1 Å². The molecule has 0 radical (unpaired) electrons. The van der Waals surface area contributed by atoms with E-state index in [2.05, 4.69) is 32.1 Å². The molecule has 1 aromatic carbocycles. The molecule has 2 N–H and O–H groups in total. The van der Waals surface area contributed by atoms with Crippen LogP contribution in [0.25, 0.3) is 11.0 Å². The number of aryl methyl sites for hydroxylation is 1. The Morgan fingerprint density at radius 1 is 1.29 bits per heavy atom. The third-order valence-corrected chi connectivity index (χ3v) is 3.66. The summed E-state index contributed by atoms with van der Waals surface area (Å²) in [6.07, 6.45) is 3.13. The molecule has 2 amide bonds. The van der Waals surface area contributed by atoms with Gasteiger partial charge in [0.1, 0.15) is 11.6 Å². The van der Waals surface area contributed by atoms with Gasteiger partial charge in [0.25, 0.3) is 0 Å². The molecule has 0 aliphatic rings. The van der Waals surface area contributed by atoms with Crippen molar-refractivity contribution in [2.24, 2.45) is 0 Å². The maximum absolute atomic E-state index is 12.1. The highest BCUT2D eigenvalue weighted by Crippen LogP contribution is 2.16. The molecule has 0 bridgehead atoms. The summed E-state index contributed by atoms with van der Waals surface area (Å²) < 4.78 is 7.17. The third kappa shape index (κ3) is 3.29. The highest BCUT2D eigenvalue weighted by molar-refractivity contribution is 5.89. The number of ether oxygens (including phenoxy) is 1. The van der Waals surface area contributed by atoms with Crippen molar-refractivity contribution < 1.29 is 9.53 Å². The van der Waals surface area contributed by atoms with Crippen LogP contribution in [0, 0.1) is 0 Å². The molecule has 0 aliphatic carbocycles. The first-order chi connectivity index (χ1) is 11.7. The summed E-state index contributed by atoms with van der Waals surface area (Å²) in [4.78, 5) is 20.6. The number of methoxy groups -OCH3 is 1. The molecular weight excluding hydrogens is 306 g/mol. The average molecular weight is 325 g/mol. The standard InChI is InChI=1S/C17H19N5O2/c1-3-22-15-7-5-4-6-14(15)21-16(22)11-19-17(23)20-12-8-13(24-2)10-18-9-12/h4-10H,3,11H2,1-2H3,(H2,19,20,23). The number of carbonyl (C=O) groups is 1. The van der Waals surface area contributed by atoms with Crippen LogP contribution >= 0.6 is 0 Å². The fourth-order valence-electron chi connectivity index (χ4n) is 2.55. The summed E-state index contributed by atoms with van der Waals surface area (Å²) in [7, 11) is 1.55. The summed E-state index contributed by atoms with van der Waals surface area (Å²) >= 11 is 0. The first kappa shape index (κ1) is 15.8. The maximum Gasteiger partial charge on any atom is 0.319 e. The van der Waals surface area contributed by atoms with Crippen LogP contribution in [0.4, 0.5) is 10.5 Å². The fourth-order valence-corrected chi connectivity index (χ4v) is 2.55. The number of carbonyl (C=O) groups excluding carboxylic acids is 1. The lowest BCUT2D eigenvalue weighted by Crippen LogP contribution is -2.29. The quantitative estimate of drug-likeness (QED) is 0.756. The van der Waals surface area contributed by atoms with E-state index >= 15 is 0 Å². The second-order valence-electron chi connectivity index (χ2n) is 5.18. The summed E-state index contributed by atoms with van der Waals surface area (Å²) in [6.45, 7) is 3.18. The van der Waals surface area contributed by atoms with Crippen LogP contribution in [0.15, 0.2) is 42.7 Å². The largest absolute Gasteiger partial charge is 0.495 e. The van der Waals surface area contributed by atoms with E-state index in [-0.39, 0.29) is 6.03 Å². The number of anilines is 1. The number of amides is 2. The molecule has 0 atom stereocenters. The van der Waals surface area contributed by atoms with Crippen LogP contribution in [0.5, 0.6) is 5.75 Å². The van der Waals surface area contributed by atoms with Crippen LogP contribution in [0.1, 0.15) is 12.7 Å². The van der Waals surface area contributed by atoms with Crippen molar-refractivity contribution in [2.75, 3.05) is 12.4 Å². The molecule has 7 heteroatoms. The van der Waals surface area contributed by atoms with E-state index in [1.54, 1.807) is 25.6 Å². The Hall–Kier alpha value is -3.09. The Balaban J connectivity index is 1.68. The predicted molar refractivity (Wildman–Crippen MR) is 92.1 cm³/mol. The molecule has 0 aliphatic heterocycles. The second-order valence-corrected chi connectivity index (χ2v) is 5.18. The Bertz CT molecular complexity index is 859. The molecule has 2 aromatic heterocycles. The Morgan fingerprint density at radius 3 is 2.92 bits per heavy atom. The predicted octanol–water partition coefficient (Wildman–Crippen LogP) is 2.78. The lowest BCUT2D eigenvalue weighted by molar-refractivity contribution is 0.251. The number of fused-ring (bicyclic) bond motifs is 1. The Morgan fingerprint density at radius 2 is 2.12 bits per heavy atom. The molecule has 0 unspecified atom stereocenters. The first-order valence-electron chi connectivity index (χ1n) is 7.69. The fraction of sp³-hybridized carbons (Fsp3) is 0.235. The zero-order chi connectivity index (χ0) is 16.9. The molecule has 3 rings (SSSR count). The van der Waals surface area contributed by atoms with Crippen molar-refractivity contribution in [3.8, 4) is 5.75 Å². The second kappa shape index (κ2) is 6.99. The molecule has 0 fully saturated rings. The minimum atomic E-state index is -0.320. The van der Waals surface area contributed by atoms with Gasteiger partial charge in [-0.15, -0.1) is 0 Å². The lowest BCUT2D eigenvalue weighted by Gasteiger charge is -2.09. The monoisotopic (exact) mass is 325 g/mol. The number of pyridine rings is 1. The van der Waals surface area contributed by atoms with Crippen LogP contribution in [-0.2, 0) is 13.1 Å². The number of imidazole rings is 1. The number of nitrogens with one attached hydrogen (secondary N) is 2. The normalized spacial score (nSPS) is 10.6. The van der Waals surface area contributed by atoms with E-state index in [0.717, 1.165) is 23.4 Å². The van der Waals surface area contributed by atoms with Gasteiger partial charge in [-0.1, -0.05) is 12.1 Å². The van der Waals surface area contributed by atoms with E-state index in [1.807, 2.05) is 24.3 Å². The Labute approximate surface area is 139 Å². The maximum atomic E-state index is 12.1. The van der Waals surface area contributed by atoms with Crippen molar-refractivity contribution in [2.45, 2.75) is 20.0 Å². The van der Waals surface area contributed by atoms with Crippen LogP contribution in [-0.4, -0.2) is 27.7 Å². The van der Waals surface area contributed by atoms with Crippen LogP contribution in [0.2, 0.25) is 0 Å². The van der Waals surface area contributed by atoms with Gasteiger partial charge in [-0.2, -0.15) is 0 Å². The van der Waals surface area contributed by atoms with Gasteiger partial charge in [0.15, 0.2) is 0 Å². The highest BCUT2D eigenvalue weighted by Gasteiger charge is 2.10. The van der Waals surface area contributed by atoms with Gasteiger partial charge >= 0.3 is 6.03 Å². The molecule has 7 nitrogen and oxygen atoms in total. The van der Waals surface area contributed by atoms with Gasteiger partial charge in [0.05, 0.1) is 42.8 Å². The molecule has 24 heavy (non-hydrogen) atoms. The van der Waals surface area contributed by atoms with Crippen LogP contribution in [0.3, 0.4) is 0 Å². The smallest absolute Gasteiger partial charge is 0.319 e. The summed E-state index contributed by atoms with van der Waals surface area (Å²) in [6, 6.07) is 9.31. The number of hydrogen-bond donors (Lipinski definition) is 2. The highest BCUT2D eigenvalue weighted by atomic mass is 16.5. The van der Waals surface area contributed by atoms with Crippen molar-refractivity contribution >= 4 is 22.8 Å². The number of urea groups is 1. The summed E-state index contributed by atoms with van der Waals surface area (Å²) in [5.41, 5.74) is 2.55. The topological polar surface area (TPSA) is 81.1 Å². The van der Waals surface area contributed by atoms with Gasteiger partial charge in [-0.3, -0.25) is 4.98 Å². The Kier molecular flexibility index (Phi) is 4.60. The minimum absolute atomic E-state index is 0.320. The first-order valence-corrected chi connectivity index (χ1v) is 7.69. The van der Waals surface area contributed by atoms with E-state index in [4.69, 9.17) is 4.74 Å².